The van der Waals surface area contributed by atoms with Gasteiger partial charge >= 0.3 is 0 Å². The van der Waals surface area contributed by atoms with Gasteiger partial charge in [-0.25, -0.2) is 13.8 Å². The number of pyridine rings is 1. The molecule has 1 aromatic heterocycles. The number of aromatic nitrogens is 1. The molecule has 0 bridgehead atoms. The second-order valence-corrected chi connectivity index (χ2v) is 4.79. The molecule has 0 aliphatic heterocycles. The molecule has 3 atom stereocenters. The SMILES string of the molecule is CC(=O)[C@@H]1[C@H]2c3cnc(Cl)cc3C(F)(F)[C@@H]12. The summed E-state index contributed by atoms with van der Waals surface area (Å²) in [4.78, 5) is 15.0. The average molecular weight is 244 g/mol. The standard InChI is InChI=1S/C11H8ClF2NO/c1-4(16)8-9-5-3-15-7(12)2-6(5)11(13,14)10(8)9/h2-3,8-10H,1H3/t8-,9-,10+/m1/s1. The summed E-state index contributed by atoms with van der Waals surface area (Å²) < 4.78 is 27.8. The van der Waals surface area contributed by atoms with Crippen LogP contribution >= 0.6 is 11.6 Å². The highest BCUT2D eigenvalue weighted by molar-refractivity contribution is 6.29. The number of carbonyl (C=O) groups excluding carboxylic acids is 1. The molecule has 2 nitrogen and oxygen atoms in total. The van der Waals surface area contributed by atoms with E-state index in [9.17, 15) is 13.6 Å². The first kappa shape index (κ1) is 10.1. The van der Waals surface area contributed by atoms with Crippen LogP contribution in [0.25, 0.3) is 0 Å². The number of Topliss-reactive ketones (excluding diaryl/α,β-unsaturated/α-hetero) is 1. The summed E-state index contributed by atoms with van der Waals surface area (Å²) in [6.07, 6.45) is 1.37. The van der Waals surface area contributed by atoms with Crippen molar-refractivity contribution in [1.29, 1.82) is 0 Å². The Balaban J connectivity index is 2.13. The highest BCUT2D eigenvalue weighted by atomic mass is 35.5. The fourth-order valence-corrected chi connectivity index (χ4v) is 2.99. The van der Waals surface area contributed by atoms with E-state index in [-0.39, 0.29) is 22.4 Å². The Hall–Kier alpha value is -1.03. The largest absolute Gasteiger partial charge is 0.300 e. The van der Waals surface area contributed by atoms with Crippen molar-refractivity contribution in [3.63, 3.8) is 0 Å². The van der Waals surface area contributed by atoms with Gasteiger partial charge < -0.3 is 0 Å². The maximum Gasteiger partial charge on any atom is 0.277 e. The Labute approximate surface area is 95.6 Å². The zero-order valence-corrected chi connectivity index (χ0v) is 9.13. The molecule has 2 aliphatic carbocycles. The number of carbonyl (C=O) groups is 1. The number of hydrogen-bond acceptors (Lipinski definition) is 2. The lowest BCUT2D eigenvalue weighted by atomic mass is 10.0. The topological polar surface area (TPSA) is 30.0 Å². The van der Waals surface area contributed by atoms with Crippen LogP contribution in [0.3, 0.4) is 0 Å². The fourth-order valence-electron chi connectivity index (χ4n) is 2.83. The van der Waals surface area contributed by atoms with E-state index in [1.54, 1.807) is 0 Å². The Morgan fingerprint density at radius 2 is 2.25 bits per heavy atom. The Morgan fingerprint density at radius 1 is 1.56 bits per heavy atom. The van der Waals surface area contributed by atoms with Crippen molar-refractivity contribution < 1.29 is 13.6 Å². The Kier molecular flexibility index (Phi) is 1.78. The third-order valence-corrected chi connectivity index (χ3v) is 3.73. The minimum Gasteiger partial charge on any atom is -0.300 e. The number of rotatable bonds is 1. The van der Waals surface area contributed by atoms with Crippen molar-refractivity contribution in [3.8, 4) is 0 Å². The van der Waals surface area contributed by atoms with Gasteiger partial charge in [0.05, 0.1) is 0 Å². The van der Waals surface area contributed by atoms with Crippen LogP contribution < -0.4 is 0 Å². The molecule has 16 heavy (non-hydrogen) atoms. The zero-order valence-electron chi connectivity index (χ0n) is 8.38. The van der Waals surface area contributed by atoms with Crippen molar-refractivity contribution in [2.45, 2.75) is 18.8 Å². The summed E-state index contributed by atoms with van der Waals surface area (Å²) in [5.74, 6) is -4.88. The molecule has 5 heteroatoms. The number of fused-ring (bicyclic) bond motifs is 3. The molecule has 2 aliphatic rings. The lowest BCUT2D eigenvalue weighted by Gasteiger charge is -2.15. The molecule has 0 spiro atoms. The van der Waals surface area contributed by atoms with Crippen LogP contribution in [0.15, 0.2) is 12.3 Å². The first-order chi connectivity index (χ1) is 7.44. The van der Waals surface area contributed by atoms with Gasteiger partial charge in [-0.1, -0.05) is 11.6 Å². The van der Waals surface area contributed by atoms with Gasteiger partial charge in [0.1, 0.15) is 10.9 Å². The van der Waals surface area contributed by atoms with E-state index in [1.807, 2.05) is 0 Å². The van der Waals surface area contributed by atoms with Gasteiger partial charge in [0.15, 0.2) is 0 Å². The molecule has 1 saturated carbocycles. The van der Waals surface area contributed by atoms with Crippen molar-refractivity contribution in [1.82, 2.24) is 4.98 Å². The van der Waals surface area contributed by atoms with Gasteiger partial charge in [-0.2, -0.15) is 0 Å². The highest BCUT2D eigenvalue weighted by Crippen LogP contribution is 2.70. The monoisotopic (exact) mass is 243 g/mol. The van der Waals surface area contributed by atoms with Crippen molar-refractivity contribution in [2.24, 2.45) is 11.8 Å². The van der Waals surface area contributed by atoms with E-state index in [4.69, 9.17) is 11.6 Å². The minimum absolute atomic E-state index is 0.0556. The van der Waals surface area contributed by atoms with Gasteiger partial charge in [-0.3, -0.25) is 4.79 Å². The molecule has 0 amide bonds. The number of alkyl halides is 2. The summed E-state index contributed by atoms with van der Waals surface area (Å²) in [7, 11) is 0. The molecule has 3 rings (SSSR count). The van der Waals surface area contributed by atoms with Gasteiger partial charge in [0.25, 0.3) is 5.92 Å². The van der Waals surface area contributed by atoms with E-state index in [1.165, 1.54) is 19.2 Å². The maximum atomic E-state index is 13.9. The quantitative estimate of drug-likeness (QED) is 0.710. The molecule has 0 aromatic carbocycles. The van der Waals surface area contributed by atoms with Gasteiger partial charge in [-0.05, 0) is 18.6 Å². The van der Waals surface area contributed by atoms with Crippen LogP contribution in [-0.4, -0.2) is 10.8 Å². The number of nitrogens with zero attached hydrogens (tertiary/aromatic N) is 1. The van der Waals surface area contributed by atoms with Crippen LogP contribution in [0.2, 0.25) is 5.15 Å². The first-order valence-electron chi connectivity index (χ1n) is 4.98. The lowest BCUT2D eigenvalue weighted by Crippen LogP contribution is -2.18. The van der Waals surface area contributed by atoms with Crippen LogP contribution in [-0.2, 0) is 10.7 Å². The summed E-state index contributed by atoms with van der Waals surface area (Å²) >= 11 is 5.60. The second kappa shape index (κ2) is 2.80. The summed E-state index contributed by atoms with van der Waals surface area (Å²) in [6.45, 7) is 1.36. The molecular weight excluding hydrogens is 236 g/mol. The van der Waals surface area contributed by atoms with Gasteiger partial charge in [-0.15, -0.1) is 0 Å². The van der Waals surface area contributed by atoms with E-state index in [2.05, 4.69) is 4.98 Å². The van der Waals surface area contributed by atoms with Crippen molar-refractivity contribution in [3.05, 3.63) is 28.5 Å². The predicted octanol–water partition coefficient (Wildman–Crippen LogP) is 2.76. The van der Waals surface area contributed by atoms with Crippen LogP contribution in [0.1, 0.15) is 24.0 Å². The summed E-state index contributed by atoms with van der Waals surface area (Å²) in [6, 6.07) is 1.21. The number of halogens is 3. The molecule has 0 radical (unpaired) electrons. The molecule has 0 N–H and O–H groups in total. The highest BCUT2D eigenvalue weighted by Gasteiger charge is 2.72. The van der Waals surface area contributed by atoms with Crippen molar-refractivity contribution >= 4 is 17.4 Å². The molecule has 0 unspecified atom stereocenters. The van der Waals surface area contributed by atoms with E-state index in [0.717, 1.165) is 0 Å². The molecule has 1 aromatic rings. The average Bonchev–Trinajstić information content (AvgIpc) is 2.88. The molecule has 84 valence electrons. The smallest absolute Gasteiger partial charge is 0.277 e. The third kappa shape index (κ3) is 1.05. The Morgan fingerprint density at radius 3 is 2.88 bits per heavy atom. The molecule has 1 heterocycles. The van der Waals surface area contributed by atoms with Gasteiger partial charge in [0, 0.05) is 29.5 Å². The van der Waals surface area contributed by atoms with Crippen LogP contribution in [0, 0.1) is 11.8 Å². The van der Waals surface area contributed by atoms with Gasteiger partial charge in [0.2, 0.25) is 0 Å². The first-order valence-corrected chi connectivity index (χ1v) is 5.36. The predicted molar refractivity (Wildman–Crippen MR) is 53.5 cm³/mol. The van der Waals surface area contributed by atoms with Crippen LogP contribution in [0.4, 0.5) is 8.78 Å². The molecular formula is C11H8ClF2NO. The summed E-state index contributed by atoms with van der Waals surface area (Å²) in [5, 5.41) is 0.0686. The van der Waals surface area contributed by atoms with Crippen molar-refractivity contribution in [2.75, 3.05) is 0 Å². The summed E-state index contributed by atoms with van der Waals surface area (Å²) in [5.41, 5.74) is 0.430. The third-order valence-electron chi connectivity index (χ3n) is 3.53. The molecule has 1 fully saturated rings. The second-order valence-electron chi connectivity index (χ2n) is 4.41. The minimum atomic E-state index is -2.94. The maximum absolute atomic E-state index is 13.9. The number of hydrogen-bond donors (Lipinski definition) is 0. The van der Waals surface area contributed by atoms with E-state index in [0.29, 0.717) is 5.56 Å². The normalized spacial score (nSPS) is 33.1. The zero-order chi connectivity index (χ0) is 11.7. The van der Waals surface area contributed by atoms with E-state index >= 15 is 0 Å². The Bertz CT molecular complexity index is 503. The molecule has 0 saturated heterocycles. The fraction of sp³-hybridized carbons (Fsp3) is 0.455. The number of ketones is 1. The van der Waals surface area contributed by atoms with Crippen LogP contribution in [0.5, 0.6) is 0 Å². The van der Waals surface area contributed by atoms with E-state index < -0.39 is 17.8 Å². The lowest BCUT2D eigenvalue weighted by molar-refractivity contribution is -0.120.